The molecule has 1 aromatic heterocycles. The fraction of sp³-hybridized carbons (Fsp3) is 0.421. The van der Waals surface area contributed by atoms with Gasteiger partial charge in [0.1, 0.15) is 28.7 Å². The topological polar surface area (TPSA) is 71.7 Å². The van der Waals surface area contributed by atoms with Crippen molar-refractivity contribution >= 4 is 5.91 Å². The fourth-order valence-electron chi connectivity index (χ4n) is 2.57. The minimum absolute atomic E-state index is 0.00184. The van der Waals surface area contributed by atoms with E-state index < -0.39 is 17.1 Å². The van der Waals surface area contributed by atoms with Gasteiger partial charge in [0.2, 0.25) is 0 Å². The number of hydrogen-bond donors (Lipinski definition) is 2. The van der Waals surface area contributed by atoms with Crippen molar-refractivity contribution in [3.05, 3.63) is 53.2 Å². The van der Waals surface area contributed by atoms with Crippen LogP contribution in [0.1, 0.15) is 37.9 Å². The Labute approximate surface area is 146 Å². The summed E-state index contributed by atoms with van der Waals surface area (Å²) in [5.74, 6) is 0.915. The molecule has 2 rings (SSSR count). The number of furan rings is 1. The lowest BCUT2D eigenvalue weighted by Gasteiger charge is -2.28. The summed E-state index contributed by atoms with van der Waals surface area (Å²) in [5.41, 5.74) is -1.83. The minimum Gasteiger partial charge on any atom is -0.478 e. The van der Waals surface area contributed by atoms with Gasteiger partial charge in [-0.05, 0) is 65.0 Å². The first-order valence-electron chi connectivity index (χ1n) is 8.04. The number of carbonyl (C=O) groups excluding carboxylic acids is 1. The Bertz CT molecular complexity index is 747. The van der Waals surface area contributed by atoms with Crippen LogP contribution < -0.4 is 10.1 Å². The first kappa shape index (κ1) is 19.0. The van der Waals surface area contributed by atoms with Crippen molar-refractivity contribution in [2.75, 3.05) is 6.54 Å². The summed E-state index contributed by atoms with van der Waals surface area (Å²) < 4.78 is 24.0. The zero-order valence-electron chi connectivity index (χ0n) is 15.1. The first-order valence-corrected chi connectivity index (χ1v) is 8.04. The van der Waals surface area contributed by atoms with Gasteiger partial charge in [-0.25, -0.2) is 4.39 Å². The van der Waals surface area contributed by atoms with E-state index in [1.165, 1.54) is 24.3 Å². The van der Waals surface area contributed by atoms with Crippen molar-refractivity contribution in [3.63, 3.8) is 0 Å². The van der Waals surface area contributed by atoms with Crippen molar-refractivity contribution in [2.45, 2.75) is 45.8 Å². The molecule has 0 aliphatic rings. The number of nitrogens with one attached hydrogen (secondary N) is 1. The van der Waals surface area contributed by atoms with E-state index in [1.807, 2.05) is 0 Å². The summed E-state index contributed by atoms with van der Waals surface area (Å²) >= 11 is 0. The second kappa shape index (κ2) is 6.88. The van der Waals surface area contributed by atoms with E-state index in [1.54, 1.807) is 40.7 Å². The van der Waals surface area contributed by atoms with Crippen LogP contribution in [0.5, 0.6) is 5.75 Å². The van der Waals surface area contributed by atoms with Crippen molar-refractivity contribution in [3.8, 4) is 5.75 Å². The predicted molar refractivity (Wildman–Crippen MR) is 91.9 cm³/mol. The predicted octanol–water partition coefficient (Wildman–Crippen LogP) is 3.22. The van der Waals surface area contributed by atoms with E-state index in [9.17, 15) is 14.3 Å². The summed E-state index contributed by atoms with van der Waals surface area (Å²) in [4.78, 5) is 12.5. The number of hydrogen-bond acceptors (Lipinski definition) is 4. The number of carbonyl (C=O) groups is 1. The number of amides is 1. The average molecular weight is 349 g/mol. The van der Waals surface area contributed by atoms with E-state index in [0.29, 0.717) is 22.8 Å². The van der Waals surface area contributed by atoms with E-state index in [-0.39, 0.29) is 12.4 Å². The number of halogens is 1. The maximum absolute atomic E-state index is 13.0. The lowest BCUT2D eigenvalue weighted by Crippen LogP contribution is -2.50. The second-order valence-electron chi connectivity index (χ2n) is 6.85. The zero-order chi connectivity index (χ0) is 18.8. The number of rotatable bonds is 6. The standard InChI is InChI=1S/C19H24FNO4/c1-12-10-16(13(2)24-12)19(5,23)11-21-17(22)18(3,4)25-15-8-6-14(20)7-9-15/h6-10,23H,11H2,1-5H3,(H,21,22). The van der Waals surface area contributed by atoms with Crippen LogP contribution in [0.3, 0.4) is 0 Å². The van der Waals surface area contributed by atoms with Crippen LogP contribution in [-0.2, 0) is 10.4 Å². The van der Waals surface area contributed by atoms with Crippen LogP contribution in [0.25, 0.3) is 0 Å². The Kier molecular flexibility index (Phi) is 5.23. The molecule has 0 saturated carbocycles. The van der Waals surface area contributed by atoms with Crippen LogP contribution in [0, 0.1) is 19.7 Å². The molecule has 1 unspecified atom stereocenters. The van der Waals surface area contributed by atoms with Gasteiger partial charge >= 0.3 is 0 Å². The molecule has 2 aromatic rings. The van der Waals surface area contributed by atoms with E-state index in [0.717, 1.165) is 0 Å². The molecule has 5 nitrogen and oxygen atoms in total. The molecule has 25 heavy (non-hydrogen) atoms. The molecule has 0 spiro atoms. The summed E-state index contributed by atoms with van der Waals surface area (Å²) in [6, 6.07) is 7.19. The molecular weight excluding hydrogens is 325 g/mol. The van der Waals surface area contributed by atoms with Gasteiger partial charge in [-0.1, -0.05) is 0 Å². The maximum atomic E-state index is 13.0. The maximum Gasteiger partial charge on any atom is 0.263 e. The molecule has 1 aromatic carbocycles. The van der Waals surface area contributed by atoms with Gasteiger partial charge in [0.25, 0.3) is 5.91 Å². The third kappa shape index (κ3) is 4.60. The summed E-state index contributed by atoms with van der Waals surface area (Å²) in [5, 5.41) is 13.4. The largest absolute Gasteiger partial charge is 0.478 e. The molecular formula is C19H24FNO4. The highest BCUT2D eigenvalue weighted by molar-refractivity contribution is 5.84. The molecule has 2 N–H and O–H groups in total. The molecule has 6 heteroatoms. The third-order valence-electron chi connectivity index (χ3n) is 3.95. The number of aryl methyl sites for hydroxylation is 2. The summed E-state index contributed by atoms with van der Waals surface area (Å²) in [7, 11) is 0. The summed E-state index contributed by atoms with van der Waals surface area (Å²) in [6.07, 6.45) is 0. The molecule has 1 heterocycles. The average Bonchev–Trinajstić information content (AvgIpc) is 2.86. The molecule has 0 aliphatic heterocycles. The van der Waals surface area contributed by atoms with Crippen molar-refractivity contribution in [1.82, 2.24) is 5.32 Å². The Morgan fingerprint density at radius 3 is 2.36 bits per heavy atom. The lowest BCUT2D eigenvalue weighted by atomic mass is 9.95. The Hall–Kier alpha value is -2.34. The van der Waals surface area contributed by atoms with Crippen molar-refractivity contribution in [1.29, 1.82) is 0 Å². The second-order valence-corrected chi connectivity index (χ2v) is 6.85. The van der Waals surface area contributed by atoms with Gasteiger partial charge in [0.05, 0.1) is 6.54 Å². The summed E-state index contributed by atoms with van der Waals surface area (Å²) in [6.45, 7) is 8.38. The molecule has 0 saturated heterocycles. The Balaban J connectivity index is 2.02. The van der Waals surface area contributed by atoms with Crippen molar-refractivity contribution < 1.29 is 23.4 Å². The van der Waals surface area contributed by atoms with Crippen LogP contribution >= 0.6 is 0 Å². The van der Waals surface area contributed by atoms with Crippen molar-refractivity contribution in [2.24, 2.45) is 0 Å². The number of ether oxygens (including phenoxy) is 1. The molecule has 0 aliphatic carbocycles. The van der Waals surface area contributed by atoms with Gasteiger partial charge in [-0.15, -0.1) is 0 Å². The van der Waals surface area contributed by atoms with Gasteiger partial charge in [0, 0.05) is 5.56 Å². The monoisotopic (exact) mass is 349 g/mol. The fourth-order valence-corrected chi connectivity index (χ4v) is 2.57. The number of benzene rings is 1. The molecule has 0 fully saturated rings. The first-order chi connectivity index (χ1) is 11.5. The lowest BCUT2D eigenvalue weighted by molar-refractivity contribution is -0.135. The highest BCUT2D eigenvalue weighted by atomic mass is 19.1. The minimum atomic E-state index is -1.27. The van der Waals surface area contributed by atoms with E-state index in [2.05, 4.69) is 5.32 Å². The molecule has 0 radical (unpaired) electrons. The van der Waals surface area contributed by atoms with Gasteiger partial charge < -0.3 is 19.6 Å². The van der Waals surface area contributed by atoms with E-state index in [4.69, 9.17) is 9.15 Å². The third-order valence-corrected chi connectivity index (χ3v) is 3.95. The van der Waals surface area contributed by atoms with Gasteiger partial charge in [0.15, 0.2) is 5.60 Å². The highest BCUT2D eigenvalue weighted by Crippen LogP contribution is 2.27. The molecule has 136 valence electrons. The highest BCUT2D eigenvalue weighted by Gasteiger charge is 2.33. The Morgan fingerprint density at radius 1 is 1.24 bits per heavy atom. The smallest absolute Gasteiger partial charge is 0.263 e. The van der Waals surface area contributed by atoms with Crippen LogP contribution in [-0.4, -0.2) is 23.2 Å². The molecule has 1 amide bonds. The van der Waals surface area contributed by atoms with Crippen LogP contribution in [0.15, 0.2) is 34.7 Å². The molecule has 1 atom stereocenters. The molecule has 0 bridgehead atoms. The Morgan fingerprint density at radius 2 is 1.84 bits per heavy atom. The normalized spacial score (nSPS) is 14.0. The van der Waals surface area contributed by atoms with Crippen LogP contribution in [0.2, 0.25) is 0 Å². The van der Waals surface area contributed by atoms with Gasteiger partial charge in [-0.2, -0.15) is 0 Å². The van der Waals surface area contributed by atoms with Crippen LogP contribution in [0.4, 0.5) is 4.39 Å². The SMILES string of the molecule is Cc1cc(C(C)(O)CNC(=O)C(C)(C)Oc2ccc(F)cc2)c(C)o1. The number of aliphatic hydroxyl groups is 1. The quantitative estimate of drug-likeness (QED) is 0.840. The zero-order valence-corrected chi connectivity index (χ0v) is 15.1. The van der Waals surface area contributed by atoms with E-state index >= 15 is 0 Å². The van der Waals surface area contributed by atoms with Gasteiger partial charge in [-0.3, -0.25) is 4.79 Å².